The van der Waals surface area contributed by atoms with Gasteiger partial charge in [0.25, 0.3) is 0 Å². The Hall–Kier alpha value is -2.49. The van der Waals surface area contributed by atoms with E-state index >= 15 is 0 Å². The molecule has 0 fully saturated rings. The van der Waals surface area contributed by atoms with Gasteiger partial charge in [0.05, 0.1) is 6.10 Å². The van der Waals surface area contributed by atoms with Gasteiger partial charge in [-0.15, -0.1) is 0 Å². The second kappa shape index (κ2) is 8.75. The van der Waals surface area contributed by atoms with Crippen LogP contribution in [-0.4, -0.2) is 26.0 Å². The number of rotatable bonds is 8. The van der Waals surface area contributed by atoms with Crippen molar-refractivity contribution in [3.8, 4) is 0 Å². The molecule has 3 aromatic rings. The van der Waals surface area contributed by atoms with Crippen LogP contribution in [0.1, 0.15) is 34.0 Å². The van der Waals surface area contributed by atoms with Gasteiger partial charge >= 0.3 is 0 Å². The van der Waals surface area contributed by atoms with E-state index in [4.69, 9.17) is 4.74 Å². The van der Waals surface area contributed by atoms with E-state index in [1.165, 1.54) is 5.56 Å². The molecule has 1 atom stereocenters. The van der Waals surface area contributed by atoms with Crippen LogP contribution in [0.5, 0.6) is 0 Å². The highest BCUT2D eigenvalue weighted by molar-refractivity contribution is 6.08. The number of Topliss-reactive ketones (excluding diaryl/α,β-unsaturated/α-hetero) is 1. The maximum absolute atomic E-state index is 12.7. The van der Waals surface area contributed by atoms with Crippen molar-refractivity contribution in [1.82, 2.24) is 5.32 Å². The molecule has 0 bridgehead atoms. The zero-order valence-electron chi connectivity index (χ0n) is 15.4. The minimum atomic E-state index is -0.00786. The van der Waals surface area contributed by atoms with Gasteiger partial charge in [-0.2, -0.15) is 0 Å². The Bertz CT molecular complexity index is 874. The second-order valence-corrected chi connectivity index (χ2v) is 6.49. The smallest absolute Gasteiger partial charge is 0.164 e. The Labute approximate surface area is 155 Å². The maximum atomic E-state index is 12.7. The first-order valence-electron chi connectivity index (χ1n) is 9.00. The van der Waals surface area contributed by atoms with E-state index in [0.29, 0.717) is 19.5 Å². The highest BCUT2D eigenvalue weighted by Gasteiger charge is 2.12. The lowest BCUT2D eigenvalue weighted by molar-refractivity contribution is 0.0955. The lowest BCUT2D eigenvalue weighted by Gasteiger charge is -2.16. The van der Waals surface area contributed by atoms with E-state index in [1.807, 2.05) is 48.5 Å². The van der Waals surface area contributed by atoms with Crippen LogP contribution >= 0.6 is 0 Å². The zero-order valence-corrected chi connectivity index (χ0v) is 15.4. The SMILES string of the molecule is COC(CNCCC(=O)c1ccc(C)c2ccccc12)c1ccccc1. The first-order valence-corrected chi connectivity index (χ1v) is 9.00. The molecule has 3 nitrogen and oxygen atoms in total. The molecule has 0 aliphatic carbocycles. The van der Waals surface area contributed by atoms with Crippen molar-refractivity contribution >= 4 is 16.6 Å². The van der Waals surface area contributed by atoms with Crippen LogP contribution in [0.4, 0.5) is 0 Å². The van der Waals surface area contributed by atoms with Gasteiger partial charge in [0, 0.05) is 32.2 Å². The monoisotopic (exact) mass is 347 g/mol. The normalized spacial score (nSPS) is 12.2. The number of methoxy groups -OCH3 is 1. The van der Waals surface area contributed by atoms with Gasteiger partial charge in [-0.1, -0.05) is 66.7 Å². The van der Waals surface area contributed by atoms with Crippen molar-refractivity contribution in [3.63, 3.8) is 0 Å². The van der Waals surface area contributed by atoms with Crippen molar-refractivity contribution in [2.45, 2.75) is 19.4 Å². The number of hydrogen-bond donors (Lipinski definition) is 1. The van der Waals surface area contributed by atoms with Gasteiger partial charge in [0.2, 0.25) is 0 Å². The summed E-state index contributed by atoms with van der Waals surface area (Å²) in [6, 6.07) is 22.2. The Morgan fingerprint density at radius 2 is 1.65 bits per heavy atom. The molecule has 0 heterocycles. The largest absolute Gasteiger partial charge is 0.375 e. The van der Waals surface area contributed by atoms with Crippen molar-refractivity contribution in [2.75, 3.05) is 20.2 Å². The fraction of sp³-hybridized carbons (Fsp3) is 0.261. The molecule has 134 valence electrons. The average Bonchev–Trinajstić information content (AvgIpc) is 2.69. The molecular formula is C23H25NO2. The molecule has 0 aliphatic rings. The molecule has 3 rings (SSSR count). The van der Waals surface area contributed by atoms with Gasteiger partial charge < -0.3 is 10.1 Å². The van der Waals surface area contributed by atoms with Crippen LogP contribution in [0.15, 0.2) is 66.7 Å². The number of benzene rings is 3. The highest BCUT2D eigenvalue weighted by Crippen LogP contribution is 2.23. The second-order valence-electron chi connectivity index (χ2n) is 6.49. The molecule has 0 saturated carbocycles. The van der Waals surface area contributed by atoms with Crippen LogP contribution in [0.3, 0.4) is 0 Å². The summed E-state index contributed by atoms with van der Waals surface area (Å²) < 4.78 is 5.55. The molecule has 3 heteroatoms. The van der Waals surface area contributed by atoms with Crippen molar-refractivity contribution in [3.05, 3.63) is 83.4 Å². The van der Waals surface area contributed by atoms with Crippen LogP contribution in [-0.2, 0) is 4.74 Å². The van der Waals surface area contributed by atoms with Crippen LogP contribution in [0.25, 0.3) is 10.8 Å². The third-order valence-electron chi connectivity index (χ3n) is 4.76. The van der Waals surface area contributed by atoms with E-state index in [0.717, 1.165) is 21.9 Å². The van der Waals surface area contributed by atoms with E-state index in [1.54, 1.807) is 7.11 Å². The quantitative estimate of drug-likeness (QED) is 0.474. The third kappa shape index (κ3) is 4.18. The molecule has 0 radical (unpaired) electrons. The maximum Gasteiger partial charge on any atom is 0.164 e. The number of carbonyl (C=O) groups excluding carboxylic acids is 1. The number of fused-ring (bicyclic) bond motifs is 1. The van der Waals surface area contributed by atoms with E-state index in [9.17, 15) is 4.79 Å². The number of aryl methyl sites for hydroxylation is 1. The predicted octanol–water partition coefficient (Wildman–Crippen LogP) is 4.70. The van der Waals surface area contributed by atoms with Gasteiger partial charge in [0.15, 0.2) is 5.78 Å². The summed E-state index contributed by atoms with van der Waals surface area (Å²) >= 11 is 0. The molecule has 0 aromatic heterocycles. The lowest BCUT2D eigenvalue weighted by atomic mass is 9.97. The van der Waals surface area contributed by atoms with E-state index in [2.05, 4.69) is 30.4 Å². The third-order valence-corrected chi connectivity index (χ3v) is 4.76. The fourth-order valence-corrected chi connectivity index (χ4v) is 3.27. The minimum absolute atomic E-state index is 0.00786. The van der Waals surface area contributed by atoms with E-state index in [-0.39, 0.29) is 11.9 Å². The molecule has 1 unspecified atom stereocenters. The average molecular weight is 347 g/mol. The Morgan fingerprint density at radius 1 is 0.962 bits per heavy atom. The number of ketones is 1. The summed E-state index contributed by atoms with van der Waals surface area (Å²) in [5.74, 6) is 0.169. The lowest BCUT2D eigenvalue weighted by Crippen LogP contribution is -2.25. The Kier molecular flexibility index (Phi) is 6.16. The van der Waals surface area contributed by atoms with Crippen LogP contribution < -0.4 is 5.32 Å². The Morgan fingerprint density at radius 3 is 2.38 bits per heavy atom. The van der Waals surface area contributed by atoms with Gasteiger partial charge in [0.1, 0.15) is 0 Å². The van der Waals surface area contributed by atoms with Crippen molar-refractivity contribution < 1.29 is 9.53 Å². The van der Waals surface area contributed by atoms with Gasteiger partial charge in [-0.3, -0.25) is 4.79 Å². The fourth-order valence-electron chi connectivity index (χ4n) is 3.27. The first kappa shape index (κ1) is 18.3. The Balaban J connectivity index is 1.59. The van der Waals surface area contributed by atoms with Gasteiger partial charge in [-0.25, -0.2) is 0 Å². The number of hydrogen-bond acceptors (Lipinski definition) is 3. The molecule has 0 spiro atoms. The summed E-state index contributed by atoms with van der Waals surface area (Å²) in [5, 5.41) is 5.54. The number of nitrogens with one attached hydrogen (secondary N) is 1. The van der Waals surface area contributed by atoms with Crippen molar-refractivity contribution in [2.24, 2.45) is 0 Å². The van der Waals surface area contributed by atoms with E-state index < -0.39 is 0 Å². The summed E-state index contributed by atoms with van der Waals surface area (Å²) in [4.78, 5) is 12.7. The molecular weight excluding hydrogens is 322 g/mol. The van der Waals surface area contributed by atoms with Crippen molar-refractivity contribution in [1.29, 1.82) is 0 Å². The predicted molar refractivity (Wildman–Crippen MR) is 107 cm³/mol. The summed E-state index contributed by atoms with van der Waals surface area (Å²) in [5.41, 5.74) is 3.14. The van der Waals surface area contributed by atoms with Crippen LogP contribution in [0, 0.1) is 6.92 Å². The standard InChI is InChI=1S/C23H25NO2/c1-17-12-13-21(20-11-7-6-10-19(17)20)22(25)14-15-24-16-23(26-2)18-8-4-3-5-9-18/h3-13,23-24H,14-16H2,1-2H3. The summed E-state index contributed by atoms with van der Waals surface area (Å²) in [7, 11) is 1.71. The topological polar surface area (TPSA) is 38.3 Å². The van der Waals surface area contributed by atoms with Gasteiger partial charge in [-0.05, 0) is 28.8 Å². The summed E-state index contributed by atoms with van der Waals surface area (Å²) in [6.07, 6.45) is 0.463. The first-order chi connectivity index (χ1) is 12.7. The number of carbonyl (C=O) groups is 1. The molecule has 0 amide bonds. The zero-order chi connectivity index (χ0) is 18.4. The molecule has 1 N–H and O–H groups in total. The molecule has 0 saturated heterocycles. The highest BCUT2D eigenvalue weighted by atomic mass is 16.5. The summed E-state index contributed by atoms with van der Waals surface area (Å²) in [6.45, 7) is 3.39. The molecule has 3 aromatic carbocycles. The number of ether oxygens (including phenoxy) is 1. The van der Waals surface area contributed by atoms with Crippen LogP contribution in [0.2, 0.25) is 0 Å². The molecule has 26 heavy (non-hydrogen) atoms. The molecule has 0 aliphatic heterocycles. The minimum Gasteiger partial charge on any atom is -0.375 e.